The number of hydrogen-bond donors (Lipinski definition) is 2. The molecule has 0 saturated carbocycles. The quantitative estimate of drug-likeness (QED) is 0.676. The zero-order valence-corrected chi connectivity index (χ0v) is 10.9. The highest BCUT2D eigenvalue weighted by Gasteiger charge is 2.17. The van der Waals surface area contributed by atoms with Crippen molar-refractivity contribution in [3.8, 4) is 0 Å². The molecule has 3 nitrogen and oxygen atoms in total. The molecule has 0 amide bonds. The van der Waals surface area contributed by atoms with Crippen molar-refractivity contribution in [2.45, 2.75) is 57.9 Å². The Morgan fingerprint density at radius 1 is 1.40 bits per heavy atom. The van der Waals surface area contributed by atoms with Gasteiger partial charge in [-0.25, -0.2) is 0 Å². The summed E-state index contributed by atoms with van der Waals surface area (Å²) in [4.78, 5) is 10.9. The molecule has 0 fully saturated rings. The molecule has 0 aliphatic rings. The number of hydrogen-bond acceptors (Lipinski definition) is 3. The highest BCUT2D eigenvalue weighted by molar-refractivity contribution is 7.99. The Balaban J connectivity index is 3.81. The van der Waals surface area contributed by atoms with E-state index in [1.807, 2.05) is 25.6 Å². The summed E-state index contributed by atoms with van der Waals surface area (Å²) in [5, 5.41) is 12.7. The Morgan fingerprint density at radius 2 is 2.00 bits per heavy atom. The van der Waals surface area contributed by atoms with Gasteiger partial charge in [0.2, 0.25) is 0 Å². The Hall–Kier alpha value is -0.220. The van der Waals surface area contributed by atoms with E-state index in [0.717, 1.165) is 12.2 Å². The Bertz CT molecular complexity index is 185. The van der Waals surface area contributed by atoms with Crippen molar-refractivity contribution in [3.05, 3.63) is 0 Å². The van der Waals surface area contributed by atoms with Crippen LogP contribution >= 0.6 is 11.8 Å². The molecule has 2 atom stereocenters. The second-order valence-corrected chi connectivity index (χ2v) is 5.64. The van der Waals surface area contributed by atoms with E-state index in [-0.39, 0.29) is 6.04 Å². The molecule has 90 valence electrons. The van der Waals surface area contributed by atoms with Crippen LogP contribution in [0.4, 0.5) is 0 Å². The van der Waals surface area contributed by atoms with Crippen LogP contribution in [0.25, 0.3) is 0 Å². The summed E-state index contributed by atoms with van der Waals surface area (Å²) < 4.78 is 0. The minimum absolute atomic E-state index is 0.222. The molecule has 2 unspecified atom stereocenters. The monoisotopic (exact) mass is 233 g/mol. The number of aliphatic carboxylic acids is 1. The van der Waals surface area contributed by atoms with Crippen LogP contribution < -0.4 is 5.32 Å². The van der Waals surface area contributed by atoms with E-state index in [4.69, 9.17) is 5.11 Å². The van der Waals surface area contributed by atoms with E-state index in [2.05, 4.69) is 19.2 Å². The van der Waals surface area contributed by atoms with Crippen molar-refractivity contribution in [1.29, 1.82) is 0 Å². The highest BCUT2D eigenvalue weighted by atomic mass is 32.2. The molecule has 4 heteroatoms. The number of carboxylic acids is 1. The smallest absolute Gasteiger partial charge is 0.320 e. The Labute approximate surface area is 97.0 Å². The third-order valence-electron chi connectivity index (χ3n) is 2.22. The van der Waals surface area contributed by atoms with Crippen LogP contribution in [0.2, 0.25) is 0 Å². The van der Waals surface area contributed by atoms with Gasteiger partial charge in [0.15, 0.2) is 0 Å². The average molecular weight is 233 g/mol. The van der Waals surface area contributed by atoms with Crippen molar-refractivity contribution < 1.29 is 9.90 Å². The van der Waals surface area contributed by atoms with Gasteiger partial charge in [0, 0.05) is 11.3 Å². The summed E-state index contributed by atoms with van der Waals surface area (Å²) in [6, 6.07) is -0.179. The van der Waals surface area contributed by atoms with E-state index in [9.17, 15) is 4.79 Å². The Morgan fingerprint density at radius 3 is 2.40 bits per heavy atom. The molecular formula is C11H23NO2S. The summed E-state index contributed by atoms with van der Waals surface area (Å²) in [5.74, 6) is 0.166. The molecular weight excluding hydrogens is 210 g/mol. The molecule has 0 aromatic heterocycles. The summed E-state index contributed by atoms with van der Waals surface area (Å²) in [5.41, 5.74) is 0. The van der Waals surface area contributed by atoms with Gasteiger partial charge in [-0.15, -0.1) is 0 Å². The van der Waals surface area contributed by atoms with Gasteiger partial charge in [0.25, 0.3) is 0 Å². The minimum Gasteiger partial charge on any atom is -0.480 e. The lowest BCUT2D eigenvalue weighted by molar-refractivity contribution is -0.139. The number of rotatable bonds is 8. The van der Waals surface area contributed by atoms with Gasteiger partial charge in [-0.1, -0.05) is 27.7 Å². The van der Waals surface area contributed by atoms with Crippen molar-refractivity contribution in [2.24, 2.45) is 0 Å². The molecule has 15 heavy (non-hydrogen) atoms. The number of carbonyl (C=O) groups is 1. The largest absolute Gasteiger partial charge is 0.480 e. The molecule has 0 saturated heterocycles. The lowest BCUT2D eigenvalue weighted by atomic mass is 10.2. The molecule has 0 radical (unpaired) electrons. The van der Waals surface area contributed by atoms with Crippen LogP contribution in [-0.2, 0) is 4.79 Å². The van der Waals surface area contributed by atoms with Crippen molar-refractivity contribution in [1.82, 2.24) is 5.32 Å². The molecule has 0 spiro atoms. The second-order valence-electron chi connectivity index (χ2n) is 4.09. The van der Waals surface area contributed by atoms with E-state index < -0.39 is 12.0 Å². The first kappa shape index (κ1) is 14.8. The van der Waals surface area contributed by atoms with Gasteiger partial charge in [0.1, 0.15) is 6.04 Å². The third-order valence-corrected chi connectivity index (χ3v) is 3.59. The van der Waals surface area contributed by atoms with Crippen LogP contribution in [0.15, 0.2) is 0 Å². The molecule has 0 aliphatic heterocycles. The van der Waals surface area contributed by atoms with E-state index in [1.54, 1.807) is 0 Å². The van der Waals surface area contributed by atoms with E-state index in [0.29, 0.717) is 11.7 Å². The van der Waals surface area contributed by atoms with Crippen LogP contribution in [0.5, 0.6) is 0 Å². The molecule has 0 heterocycles. The van der Waals surface area contributed by atoms with Gasteiger partial charge in [-0.3, -0.25) is 4.79 Å². The molecule has 0 aliphatic carbocycles. The molecule has 0 aromatic rings. The van der Waals surface area contributed by atoms with Crippen LogP contribution in [0, 0.1) is 0 Å². The molecule has 0 aromatic carbocycles. The zero-order valence-electron chi connectivity index (χ0n) is 10.1. The van der Waals surface area contributed by atoms with Gasteiger partial charge < -0.3 is 10.4 Å². The fourth-order valence-corrected chi connectivity index (χ4v) is 2.20. The predicted molar refractivity (Wildman–Crippen MR) is 66.5 cm³/mol. The maximum Gasteiger partial charge on any atom is 0.320 e. The van der Waals surface area contributed by atoms with E-state index >= 15 is 0 Å². The van der Waals surface area contributed by atoms with Crippen molar-refractivity contribution in [2.75, 3.05) is 5.75 Å². The summed E-state index contributed by atoms with van der Waals surface area (Å²) in [7, 11) is 0. The number of carboxylic acid groups (broad SMARTS) is 1. The first-order valence-corrected chi connectivity index (χ1v) is 6.62. The second kappa shape index (κ2) is 7.99. The molecule has 0 bridgehead atoms. The fraction of sp³-hybridized carbons (Fsp3) is 0.909. The van der Waals surface area contributed by atoms with Crippen LogP contribution in [0.1, 0.15) is 40.5 Å². The SMILES string of the molecule is CCC(C)SCCC(NC(C)C)C(=O)O. The molecule has 2 N–H and O–H groups in total. The topological polar surface area (TPSA) is 49.3 Å². The van der Waals surface area contributed by atoms with E-state index in [1.165, 1.54) is 0 Å². The highest BCUT2D eigenvalue weighted by Crippen LogP contribution is 2.15. The Kier molecular flexibility index (Phi) is 7.88. The standard InChI is InChI=1S/C11H23NO2S/c1-5-9(4)15-7-6-10(11(13)14)12-8(2)3/h8-10,12H,5-7H2,1-4H3,(H,13,14). The summed E-state index contributed by atoms with van der Waals surface area (Å²) in [6.07, 6.45) is 1.84. The van der Waals surface area contributed by atoms with Crippen LogP contribution in [0.3, 0.4) is 0 Å². The van der Waals surface area contributed by atoms with Gasteiger partial charge in [0.05, 0.1) is 0 Å². The maximum atomic E-state index is 10.9. The predicted octanol–water partition coefficient (Wildman–Crippen LogP) is 2.36. The summed E-state index contributed by atoms with van der Waals surface area (Å²) in [6.45, 7) is 8.27. The minimum atomic E-state index is -0.742. The lowest BCUT2D eigenvalue weighted by Gasteiger charge is -2.17. The van der Waals surface area contributed by atoms with Gasteiger partial charge in [-0.2, -0.15) is 11.8 Å². The average Bonchev–Trinajstić information content (AvgIpc) is 2.15. The van der Waals surface area contributed by atoms with Gasteiger partial charge >= 0.3 is 5.97 Å². The first-order chi connectivity index (χ1) is 6.97. The van der Waals surface area contributed by atoms with Crippen molar-refractivity contribution in [3.63, 3.8) is 0 Å². The lowest BCUT2D eigenvalue weighted by Crippen LogP contribution is -2.41. The maximum absolute atomic E-state index is 10.9. The van der Waals surface area contributed by atoms with Crippen LogP contribution in [-0.4, -0.2) is 34.2 Å². The zero-order chi connectivity index (χ0) is 11.8. The third kappa shape index (κ3) is 7.68. The summed E-state index contributed by atoms with van der Waals surface area (Å²) >= 11 is 1.85. The normalized spacial score (nSPS) is 15.3. The van der Waals surface area contributed by atoms with Crippen molar-refractivity contribution >= 4 is 17.7 Å². The number of thioether (sulfide) groups is 1. The first-order valence-electron chi connectivity index (χ1n) is 5.57. The number of nitrogens with one attached hydrogen (secondary N) is 1. The fourth-order valence-electron chi connectivity index (χ4n) is 1.19. The molecule has 0 rings (SSSR count). The van der Waals surface area contributed by atoms with Gasteiger partial charge in [-0.05, 0) is 18.6 Å².